The van der Waals surface area contributed by atoms with Gasteiger partial charge in [-0.2, -0.15) is 23.5 Å². The van der Waals surface area contributed by atoms with E-state index in [4.69, 9.17) is 0 Å². The zero-order valence-corrected chi connectivity index (χ0v) is 26.2. The maximum atomic E-state index is 10.4. The van der Waals surface area contributed by atoms with E-state index in [2.05, 4.69) is 44.7 Å². The van der Waals surface area contributed by atoms with E-state index in [1.807, 2.05) is 11.8 Å². The van der Waals surface area contributed by atoms with Gasteiger partial charge in [-0.05, 0) is 42.3 Å². The Balaban J connectivity index is 2.04. The normalized spacial score (nSPS) is 17.9. The lowest BCUT2D eigenvalue weighted by molar-refractivity contribution is 0.392. The molecule has 0 aromatic heterocycles. The van der Waals surface area contributed by atoms with Crippen LogP contribution in [0.5, 0.6) is 0 Å². The molecule has 3 heteroatoms. The second-order valence-corrected chi connectivity index (χ2v) is 13.8. The highest BCUT2D eigenvalue weighted by molar-refractivity contribution is 7.99. The Morgan fingerprint density at radius 2 is 1.06 bits per heavy atom. The molecule has 1 aliphatic rings. The summed E-state index contributed by atoms with van der Waals surface area (Å²) in [5.41, 5.74) is 1.39. The molecule has 1 rings (SSSR count). The Labute approximate surface area is 235 Å². The van der Waals surface area contributed by atoms with E-state index in [9.17, 15) is 5.11 Å². The van der Waals surface area contributed by atoms with Crippen molar-refractivity contribution in [3.63, 3.8) is 0 Å². The van der Waals surface area contributed by atoms with Crippen LogP contribution in [0.3, 0.4) is 0 Å². The van der Waals surface area contributed by atoms with Crippen molar-refractivity contribution in [1.29, 1.82) is 0 Å². The molecular formula is C33H62OS2. The summed E-state index contributed by atoms with van der Waals surface area (Å²) in [6.45, 7) is 6.97. The molecule has 0 aromatic rings. The fourth-order valence-electron chi connectivity index (χ4n) is 5.10. The van der Waals surface area contributed by atoms with E-state index in [1.54, 1.807) is 0 Å². The van der Waals surface area contributed by atoms with Crippen molar-refractivity contribution in [2.45, 2.75) is 156 Å². The van der Waals surface area contributed by atoms with Gasteiger partial charge in [-0.3, -0.25) is 0 Å². The van der Waals surface area contributed by atoms with Crippen LogP contribution in [0.2, 0.25) is 0 Å². The average molecular weight is 539 g/mol. The molecule has 0 radical (unpaired) electrons. The minimum absolute atomic E-state index is 0.211. The number of thioether (sulfide) groups is 2. The van der Waals surface area contributed by atoms with Crippen LogP contribution in [0.4, 0.5) is 0 Å². The molecule has 0 saturated heterocycles. The van der Waals surface area contributed by atoms with Gasteiger partial charge in [0.05, 0.1) is 0 Å². The van der Waals surface area contributed by atoms with Gasteiger partial charge in [0.25, 0.3) is 0 Å². The lowest BCUT2D eigenvalue weighted by Crippen LogP contribution is -2.21. The summed E-state index contributed by atoms with van der Waals surface area (Å²) in [5, 5.41) is 10.4. The number of allylic oxidation sites excluding steroid dienone is 3. The minimum atomic E-state index is 0.211. The van der Waals surface area contributed by atoms with Crippen molar-refractivity contribution in [3.8, 4) is 0 Å². The van der Waals surface area contributed by atoms with Crippen molar-refractivity contribution >= 4 is 23.5 Å². The predicted octanol–water partition coefficient (Wildman–Crippen LogP) is 12.1. The molecule has 0 spiro atoms. The second-order valence-electron chi connectivity index (χ2n) is 11.6. The van der Waals surface area contributed by atoms with E-state index in [0.717, 1.165) is 12.2 Å². The summed E-state index contributed by atoms with van der Waals surface area (Å²) in [7, 11) is 0. The van der Waals surface area contributed by atoms with Gasteiger partial charge in [0.15, 0.2) is 0 Å². The van der Waals surface area contributed by atoms with Gasteiger partial charge in [0.1, 0.15) is 5.76 Å². The predicted molar refractivity (Wildman–Crippen MR) is 170 cm³/mol. The van der Waals surface area contributed by atoms with Crippen LogP contribution in [0.1, 0.15) is 156 Å². The van der Waals surface area contributed by atoms with Crippen molar-refractivity contribution in [2.75, 3.05) is 23.0 Å². The Kier molecular flexibility index (Phi) is 22.7. The summed E-state index contributed by atoms with van der Waals surface area (Å²) in [4.78, 5) is 0. The largest absolute Gasteiger partial charge is 0.508 e. The first-order valence-electron chi connectivity index (χ1n) is 15.9. The fourth-order valence-corrected chi connectivity index (χ4v) is 7.32. The summed E-state index contributed by atoms with van der Waals surface area (Å²) < 4.78 is 0. The fraction of sp³-hybridized carbons (Fsp3) is 0.879. The van der Waals surface area contributed by atoms with Gasteiger partial charge in [0.2, 0.25) is 0 Å². The van der Waals surface area contributed by atoms with Gasteiger partial charge in [-0.1, -0.05) is 142 Å². The van der Waals surface area contributed by atoms with Crippen LogP contribution >= 0.6 is 23.5 Å². The van der Waals surface area contributed by atoms with Gasteiger partial charge < -0.3 is 5.11 Å². The zero-order chi connectivity index (χ0) is 26.2. The molecule has 1 aliphatic carbocycles. The lowest BCUT2D eigenvalue weighted by Gasteiger charge is -2.29. The third-order valence-corrected chi connectivity index (χ3v) is 10.1. The van der Waals surface area contributed by atoms with Crippen LogP contribution in [0, 0.1) is 5.41 Å². The first-order valence-corrected chi connectivity index (χ1v) is 18.2. The van der Waals surface area contributed by atoms with Crippen molar-refractivity contribution in [1.82, 2.24) is 0 Å². The van der Waals surface area contributed by atoms with Crippen molar-refractivity contribution in [3.05, 3.63) is 23.5 Å². The van der Waals surface area contributed by atoms with Crippen molar-refractivity contribution < 1.29 is 5.11 Å². The Morgan fingerprint density at radius 1 is 0.639 bits per heavy atom. The van der Waals surface area contributed by atoms with Gasteiger partial charge >= 0.3 is 0 Å². The molecule has 36 heavy (non-hydrogen) atoms. The summed E-state index contributed by atoms with van der Waals surface area (Å²) in [6.07, 6.45) is 33.6. The van der Waals surface area contributed by atoms with Crippen LogP contribution in [0.15, 0.2) is 23.5 Å². The highest BCUT2D eigenvalue weighted by Crippen LogP contribution is 2.36. The molecule has 0 fully saturated rings. The van der Waals surface area contributed by atoms with Gasteiger partial charge in [-0.15, -0.1) is 0 Å². The highest BCUT2D eigenvalue weighted by atomic mass is 32.2. The summed E-state index contributed by atoms with van der Waals surface area (Å²) >= 11 is 4.14. The second kappa shape index (κ2) is 24.1. The van der Waals surface area contributed by atoms with Crippen LogP contribution in [0.25, 0.3) is 0 Å². The van der Waals surface area contributed by atoms with Gasteiger partial charge in [-0.25, -0.2) is 0 Å². The highest BCUT2D eigenvalue weighted by Gasteiger charge is 2.26. The maximum absolute atomic E-state index is 10.4. The third kappa shape index (κ3) is 19.1. The molecule has 212 valence electrons. The average Bonchev–Trinajstić information content (AvgIpc) is 2.87. The topological polar surface area (TPSA) is 20.2 Å². The SMILES string of the molecule is CCCCCCCCCCCCSCC1=CC(C)(CSCCCCCCCCCCCC)CC=C1O. The molecule has 0 amide bonds. The molecule has 1 atom stereocenters. The lowest BCUT2D eigenvalue weighted by atomic mass is 9.83. The van der Waals surface area contributed by atoms with E-state index in [-0.39, 0.29) is 5.41 Å². The number of hydrogen-bond donors (Lipinski definition) is 1. The van der Waals surface area contributed by atoms with Crippen LogP contribution in [-0.4, -0.2) is 28.1 Å². The molecule has 1 unspecified atom stereocenters. The molecule has 0 heterocycles. The first kappa shape index (κ1) is 34.0. The Hall–Kier alpha value is -0.0200. The minimum Gasteiger partial charge on any atom is -0.508 e. The molecule has 0 bridgehead atoms. The number of aliphatic hydroxyl groups excluding tert-OH is 1. The standard InChI is InChI=1S/C33H62OS2/c1-4-6-8-10-12-14-16-18-20-22-26-35-29-31-28-33(3,25-24-32(31)34)30-36-27-23-21-19-17-15-13-11-9-7-5-2/h24,28,34H,4-23,25-27,29-30H2,1-3H3. The smallest absolute Gasteiger partial charge is 0.115 e. The molecule has 1 N–H and O–H groups in total. The first-order chi connectivity index (χ1) is 17.6. The van der Waals surface area contributed by atoms with Gasteiger partial charge in [0, 0.05) is 17.1 Å². The summed E-state index contributed by atoms with van der Waals surface area (Å²) in [5.74, 6) is 5.21. The molecule has 0 saturated carbocycles. The van der Waals surface area contributed by atoms with E-state index >= 15 is 0 Å². The Bertz CT molecular complexity index is 556. The molecule has 1 nitrogen and oxygen atoms in total. The van der Waals surface area contributed by atoms with E-state index in [0.29, 0.717) is 5.76 Å². The van der Waals surface area contributed by atoms with Crippen LogP contribution < -0.4 is 0 Å². The van der Waals surface area contributed by atoms with E-state index in [1.165, 1.54) is 151 Å². The number of unbranched alkanes of at least 4 members (excludes halogenated alkanes) is 18. The maximum Gasteiger partial charge on any atom is 0.115 e. The number of rotatable bonds is 26. The monoisotopic (exact) mass is 538 g/mol. The number of hydrogen-bond acceptors (Lipinski definition) is 3. The third-order valence-electron chi connectivity index (χ3n) is 7.59. The Morgan fingerprint density at radius 3 is 1.53 bits per heavy atom. The molecule has 0 aliphatic heterocycles. The summed E-state index contributed by atoms with van der Waals surface area (Å²) in [6, 6.07) is 0. The molecular weight excluding hydrogens is 476 g/mol. The molecule has 0 aromatic carbocycles. The van der Waals surface area contributed by atoms with Crippen molar-refractivity contribution in [2.24, 2.45) is 5.41 Å². The van der Waals surface area contributed by atoms with E-state index < -0.39 is 0 Å². The zero-order valence-electron chi connectivity index (χ0n) is 24.6. The van der Waals surface area contributed by atoms with Crippen LogP contribution in [-0.2, 0) is 0 Å². The number of aliphatic hydroxyl groups is 1. The quantitative estimate of drug-likeness (QED) is 0.111.